The molecular formula is C13H26N4. The van der Waals surface area contributed by atoms with Crippen LogP contribution in [-0.2, 0) is 13.0 Å². The van der Waals surface area contributed by atoms with Gasteiger partial charge in [-0.1, -0.05) is 26.0 Å². The summed E-state index contributed by atoms with van der Waals surface area (Å²) < 4.78 is 2.11. The molecule has 1 heterocycles. The van der Waals surface area contributed by atoms with Gasteiger partial charge in [-0.3, -0.25) is 0 Å². The summed E-state index contributed by atoms with van der Waals surface area (Å²) in [6.07, 6.45) is 3.36. The first-order valence-corrected chi connectivity index (χ1v) is 6.67. The zero-order chi connectivity index (χ0) is 12.8. The molecule has 4 heteroatoms. The SMILES string of the molecule is CCC(C)n1nnc(CNC)c1CCC(C)C. The molecule has 1 aromatic rings. The molecular weight excluding hydrogens is 212 g/mol. The van der Waals surface area contributed by atoms with Gasteiger partial charge in [0.05, 0.1) is 17.4 Å². The highest BCUT2D eigenvalue weighted by atomic mass is 15.4. The van der Waals surface area contributed by atoms with Gasteiger partial charge >= 0.3 is 0 Å². The minimum Gasteiger partial charge on any atom is -0.314 e. The van der Waals surface area contributed by atoms with Crippen LogP contribution in [0.1, 0.15) is 58.0 Å². The van der Waals surface area contributed by atoms with Crippen LogP contribution >= 0.6 is 0 Å². The fourth-order valence-corrected chi connectivity index (χ4v) is 1.86. The van der Waals surface area contributed by atoms with Gasteiger partial charge in [0.2, 0.25) is 0 Å². The highest BCUT2D eigenvalue weighted by Crippen LogP contribution is 2.18. The van der Waals surface area contributed by atoms with Crippen LogP contribution in [0.5, 0.6) is 0 Å². The second-order valence-corrected chi connectivity index (χ2v) is 5.15. The van der Waals surface area contributed by atoms with Gasteiger partial charge in [0, 0.05) is 6.54 Å². The van der Waals surface area contributed by atoms with Crippen LogP contribution < -0.4 is 5.32 Å². The van der Waals surface area contributed by atoms with E-state index in [0.29, 0.717) is 6.04 Å². The molecule has 1 atom stereocenters. The third kappa shape index (κ3) is 3.80. The minimum absolute atomic E-state index is 0.440. The number of aromatic nitrogens is 3. The topological polar surface area (TPSA) is 42.7 Å². The maximum atomic E-state index is 4.31. The average molecular weight is 238 g/mol. The first kappa shape index (κ1) is 14.2. The molecule has 0 aromatic carbocycles. The van der Waals surface area contributed by atoms with Crippen LogP contribution in [0.4, 0.5) is 0 Å². The Bertz CT molecular complexity index is 330. The normalized spacial score (nSPS) is 13.3. The lowest BCUT2D eigenvalue weighted by Crippen LogP contribution is -2.13. The van der Waals surface area contributed by atoms with Crippen molar-refractivity contribution in [2.45, 2.75) is 59.5 Å². The Labute approximate surface area is 105 Å². The highest BCUT2D eigenvalue weighted by Gasteiger charge is 2.15. The Morgan fingerprint density at radius 3 is 2.53 bits per heavy atom. The molecule has 0 radical (unpaired) electrons. The minimum atomic E-state index is 0.440. The Morgan fingerprint density at radius 1 is 1.29 bits per heavy atom. The first-order chi connectivity index (χ1) is 8.10. The fourth-order valence-electron chi connectivity index (χ4n) is 1.86. The molecule has 0 saturated heterocycles. The van der Waals surface area contributed by atoms with Crippen molar-refractivity contribution in [3.63, 3.8) is 0 Å². The molecule has 0 aliphatic rings. The summed E-state index contributed by atoms with van der Waals surface area (Å²) in [5.41, 5.74) is 2.41. The molecule has 0 fully saturated rings. The number of rotatable bonds is 7. The second-order valence-electron chi connectivity index (χ2n) is 5.15. The summed E-state index contributed by atoms with van der Waals surface area (Å²) in [6, 6.07) is 0.440. The molecule has 0 saturated carbocycles. The molecule has 0 aliphatic carbocycles. The van der Waals surface area contributed by atoms with Gasteiger partial charge in [-0.15, -0.1) is 5.10 Å². The standard InChI is InChI=1S/C13H26N4/c1-6-11(4)17-13(8-7-10(2)3)12(9-14-5)15-16-17/h10-11,14H,6-9H2,1-5H3. The number of hydrogen-bond acceptors (Lipinski definition) is 3. The van der Waals surface area contributed by atoms with Crippen molar-refractivity contribution in [3.05, 3.63) is 11.4 Å². The van der Waals surface area contributed by atoms with Crippen molar-refractivity contribution >= 4 is 0 Å². The molecule has 98 valence electrons. The zero-order valence-electron chi connectivity index (χ0n) is 11.8. The Balaban J connectivity index is 2.88. The van der Waals surface area contributed by atoms with Crippen LogP contribution in [0.25, 0.3) is 0 Å². The van der Waals surface area contributed by atoms with Crippen LogP contribution in [0.15, 0.2) is 0 Å². The largest absolute Gasteiger partial charge is 0.314 e. The molecule has 0 aliphatic heterocycles. The third-order valence-electron chi connectivity index (χ3n) is 3.18. The van der Waals surface area contributed by atoms with E-state index in [1.54, 1.807) is 0 Å². The summed E-state index contributed by atoms with van der Waals surface area (Å²) in [4.78, 5) is 0. The van der Waals surface area contributed by atoms with Crippen LogP contribution in [0, 0.1) is 5.92 Å². The van der Waals surface area contributed by atoms with Crippen molar-refractivity contribution in [2.24, 2.45) is 5.92 Å². The molecule has 4 nitrogen and oxygen atoms in total. The van der Waals surface area contributed by atoms with Gasteiger partial charge in [-0.25, -0.2) is 4.68 Å². The highest BCUT2D eigenvalue weighted by molar-refractivity contribution is 5.11. The molecule has 0 amide bonds. The van der Waals surface area contributed by atoms with E-state index in [0.717, 1.165) is 31.0 Å². The van der Waals surface area contributed by atoms with Crippen LogP contribution in [0.3, 0.4) is 0 Å². The number of nitrogens with one attached hydrogen (secondary N) is 1. The van der Waals surface area contributed by atoms with E-state index in [-0.39, 0.29) is 0 Å². The number of hydrogen-bond donors (Lipinski definition) is 1. The van der Waals surface area contributed by atoms with Crippen molar-refractivity contribution < 1.29 is 0 Å². The van der Waals surface area contributed by atoms with Crippen molar-refractivity contribution in [1.82, 2.24) is 20.3 Å². The molecule has 17 heavy (non-hydrogen) atoms. The summed E-state index contributed by atoms with van der Waals surface area (Å²) >= 11 is 0. The van der Waals surface area contributed by atoms with Crippen LogP contribution in [-0.4, -0.2) is 22.0 Å². The maximum Gasteiger partial charge on any atom is 0.0996 e. The lowest BCUT2D eigenvalue weighted by Gasteiger charge is -2.14. The fraction of sp³-hybridized carbons (Fsp3) is 0.846. The molecule has 0 bridgehead atoms. The maximum absolute atomic E-state index is 4.31. The quantitative estimate of drug-likeness (QED) is 0.794. The predicted molar refractivity (Wildman–Crippen MR) is 70.9 cm³/mol. The van der Waals surface area contributed by atoms with Crippen LogP contribution in [0.2, 0.25) is 0 Å². The molecule has 1 rings (SSSR count). The first-order valence-electron chi connectivity index (χ1n) is 6.67. The van der Waals surface area contributed by atoms with E-state index in [2.05, 4.69) is 48.0 Å². The van der Waals surface area contributed by atoms with Gasteiger partial charge in [-0.2, -0.15) is 0 Å². The van der Waals surface area contributed by atoms with E-state index >= 15 is 0 Å². The van der Waals surface area contributed by atoms with E-state index in [9.17, 15) is 0 Å². The van der Waals surface area contributed by atoms with E-state index in [4.69, 9.17) is 0 Å². The summed E-state index contributed by atoms with van der Waals surface area (Å²) in [5.74, 6) is 0.720. The second kappa shape index (κ2) is 6.74. The van der Waals surface area contributed by atoms with Gasteiger partial charge in [0.1, 0.15) is 0 Å². The number of nitrogens with zero attached hydrogens (tertiary/aromatic N) is 3. The monoisotopic (exact) mass is 238 g/mol. The Hall–Kier alpha value is -0.900. The summed E-state index contributed by atoms with van der Waals surface area (Å²) in [5, 5.41) is 11.8. The van der Waals surface area contributed by atoms with E-state index in [1.165, 1.54) is 12.1 Å². The van der Waals surface area contributed by atoms with Gasteiger partial charge < -0.3 is 5.32 Å². The smallest absolute Gasteiger partial charge is 0.0996 e. The Kier molecular flexibility index (Phi) is 5.62. The van der Waals surface area contributed by atoms with Crippen molar-refractivity contribution in [1.29, 1.82) is 0 Å². The molecule has 1 unspecified atom stereocenters. The van der Waals surface area contributed by atoms with Crippen molar-refractivity contribution in [3.8, 4) is 0 Å². The van der Waals surface area contributed by atoms with E-state index < -0.39 is 0 Å². The summed E-state index contributed by atoms with van der Waals surface area (Å²) in [6.45, 7) is 9.72. The third-order valence-corrected chi connectivity index (χ3v) is 3.18. The van der Waals surface area contributed by atoms with Gasteiger partial charge in [0.15, 0.2) is 0 Å². The van der Waals surface area contributed by atoms with Crippen molar-refractivity contribution in [2.75, 3.05) is 7.05 Å². The lowest BCUT2D eigenvalue weighted by atomic mass is 10.0. The Morgan fingerprint density at radius 2 is 2.00 bits per heavy atom. The van der Waals surface area contributed by atoms with E-state index in [1.807, 2.05) is 7.05 Å². The molecule has 0 spiro atoms. The summed E-state index contributed by atoms with van der Waals surface area (Å²) in [7, 11) is 1.95. The lowest BCUT2D eigenvalue weighted by molar-refractivity contribution is 0.439. The van der Waals surface area contributed by atoms with Gasteiger partial charge in [0.25, 0.3) is 0 Å². The van der Waals surface area contributed by atoms with Gasteiger partial charge in [-0.05, 0) is 39.2 Å². The average Bonchev–Trinajstić information content (AvgIpc) is 2.69. The zero-order valence-corrected chi connectivity index (χ0v) is 11.8. The predicted octanol–water partition coefficient (Wildman–Crippen LogP) is 2.56. The molecule has 1 aromatic heterocycles. The molecule has 1 N–H and O–H groups in total.